The standard InChI is InChI=1S/C26H16/c1-2-6-19-15-24-21(13-18(19)5-1)11-12-22-14-20-9-4-10-23(17-7-3-8-17)25(20)16-26(22)24/h1-16H. The zero-order valence-electron chi connectivity index (χ0n) is 14.2. The molecule has 5 aromatic rings. The van der Waals surface area contributed by atoms with Gasteiger partial charge in [0.15, 0.2) is 0 Å². The van der Waals surface area contributed by atoms with Crippen LogP contribution in [-0.4, -0.2) is 0 Å². The molecule has 0 heterocycles. The fourth-order valence-electron chi connectivity index (χ4n) is 4.15. The fourth-order valence-corrected chi connectivity index (χ4v) is 4.15. The van der Waals surface area contributed by atoms with E-state index in [1.807, 2.05) is 0 Å². The van der Waals surface area contributed by atoms with E-state index in [0.29, 0.717) is 0 Å². The molecule has 5 aromatic carbocycles. The highest BCUT2D eigenvalue weighted by atomic mass is 14.1. The van der Waals surface area contributed by atoms with Crippen LogP contribution in [0.25, 0.3) is 48.7 Å². The Kier molecular flexibility index (Phi) is 2.70. The Morgan fingerprint density at radius 3 is 1.81 bits per heavy atom. The van der Waals surface area contributed by atoms with Crippen molar-refractivity contribution in [3.05, 3.63) is 103 Å². The third kappa shape index (κ3) is 1.90. The van der Waals surface area contributed by atoms with Crippen LogP contribution in [0.3, 0.4) is 0 Å². The van der Waals surface area contributed by atoms with E-state index in [0.717, 1.165) is 0 Å². The van der Waals surface area contributed by atoms with Crippen LogP contribution in [0.5, 0.6) is 0 Å². The molecular weight excluding hydrogens is 312 g/mol. The first-order valence-electron chi connectivity index (χ1n) is 9.04. The van der Waals surface area contributed by atoms with Gasteiger partial charge in [0.2, 0.25) is 0 Å². The normalized spacial score (nSPS) is 13.5. The number of benzene rings is 5. The summed E-state index contributed by atoms with van der Waals surface area (Å²) in [4.78, 5) is 0. The third-order valence-corrected chi connectivity index (χ3v) is 5.56. The molecule has 0 bridgehead atoms. The van der Waals surface area contributed by atoms with E-state index in [1.54, 1.807) is 0 Å². The van der Waals surface area contributed by atoms with Gasteiger partial charge in [-0.25, -0.2) is 0 Å². The maximum absolute atomic E-state index is 2.38. The van der Waals surface area contributed by atoms with Crippen molar-refractivity contribution < 1.29 is 0 Å². The van der Waals surface area contributed by atoms with Gasteiger partial charge in [-0.05, 0) is 78.5 Å². The Labute approximate surface area is 151 Å². The number of fused-ring (bicyclic) bond motifs is 5. The summed E-state index contributed by atoms with van der Waals surface area (Å²) in [7, 11) is 0. The van der Waals surface area contributed by atoms with Crippen LogP contribution < -0.4 is 0 Å². The molecule has 0 saturated carbocycles. The molecule has 0 spiro atoms. The van der Waals surface area contributed by atoms with Crippen LogP contribution in [0.2, 0.25) is 0 Å². The number of rotatable bonds is 1. The van der Waals surface area contributed by atoms with E-state index in [-0.39, 0.29) is 0 Å². The molecule has 0 fully saturated rings. The van der Waals surface area contributed by atoms with Gasteiger partial charge in [-0.1, -0.05) is 72.8 Å². The molecule has 0 atom stereocenters. The number of hydrogen-bond acceptors (Lipinski definition) is 0. The maximum atomic E-state index is 2.38. The molecule has 1 aliphatic carbocycles. The number of allylic oxidation sites excluding steroid dienone is 4. The molecule has 120 valence electrons. The SMILES string of the molecule is C1=CC(c2cccc3cc4ccc5cc6ccccc6cc5c4cc23)=C1. The molecular formula is C26H16. The van der Waals surface area contributed by atoms with Crippen LogP contribution >= 0.6 is 0 Å². The lowest BCUT2D eigenvalue weighted by atomic mass is 9.91. The molecule has 26 heavy (non-hydrogen) atoms. The Bertz CT molecular complexity index is 1410. The lowest BCUT2D eigenvalue weighted by molar-refractivity contribution is 1.66. The summed E-state index contributed by atoms with van der Waals surface area (Å²) in [6, 6.07) is 29.0. The molecule has 0 unspecified atom stereocenters. The highest BCUT2D eigenvalue weighted by molar-refractivity contribution is 6.16. The molecule has 0 amide bonds. The van der Waals surface area contributed by atoms with Crippen molar-refractivity contribution in [3.63, 3.8) is 0 Å². The summed E-state index contributed by atoms with van der Waals surface area (Å²) in [5.74, 6) is 0. The van der Waals surface area contributed by atoms with Crippen molar-refractivity contribution in [3.8, 4) is 0 Å². The summed E-state index contributed by atoms with van der Waals surface area (Å²) in [5, 5.41) is 10.5. The van der Waals surface area contributed by atoms with E-state index in [4.69, 9.17) is 0 Å². The fraction of sp³-hybridized carbons (Fsp3) is 0. The molecule has 0 aromatic heterocycles. The molecule has 0 N–H and O–H groups in total. The van der Waals surface area contributed by atoms with Crippen LogP contribution in [-0.2, 0) is 0 Å². The van der Waals surface area contributed by atoms with Gasteiger partial charge in [0, 0.05) is 0 Å². The van der Waals surface area contributed by atoms with Crippen molar-refractivity contribution in [1.29, 1.82) is 0 Å². The van der Waals surface area contributed by atoms with Crippen molar-refractivity contribution in [2.45, 2.75) is 0 Å². The Morgan fingerprint density at radius 2 is 1.08 bits per heavy atom. The zero-order valence-corrected chi connectivity index (χ0v) is 14.2. The first-order chi connectivity index (χ1) is 12.9. The van der Waals surface area contributed by atoms with Gasteiger partial charge in [0.05, 0.1) is 0 Å². The second-order valence-corrected chi connectivity index (χ2v) is 7.07. The van der Waals surface area contributed by atoms with Crippen LogP contribution in [0.1, 0.15) is 5.56 Å². The minimum atomic E-state index is 1.30. The smallest absolute Gasteiger partial charge is 0.00986 e. The Morgan fingerprint density at radius 1 is 0.462 bits per heavy atom. The molecule has 0 saturated heterocycles. The summed E-state index contributed by atoms with van der Waals surface area (Å²) >= 11 is 0. The van der Waals surface area contributed by atoms with Crippen LogP contribution in [0.4, 0.5) is 0 Å². The van der Waals surface area contributed by atoms with Gasteiger partial charge in [0.1, 0.15) is 0 Å². The predicted molar refractivity (Wildman–Crippen MR) is 114 cm³/mol. The van der Waals surface area contributed by atoms with Crippen LogP contribution in [0, 0.1) is 0 Å². The summed E-state index contributed by atoms with van der Waals surface area (Å²) in [5.41, 5.74) is 2.64. The van der Waals surface area contributed by atoms with Crippen molar-refractivity contribution >= 4 is 48.7 Å². The molecule has 0 nitrogen and oxygen atoms in total. The van der Waals surface area contributed by atoms with E-state index in [1.165, 1.54) is 54.2 Å². The van der Waals surface area contributed by atoms with Gasteiger partial charge < -0.3 is 0 Å². The summed E-state index contributed by atoms with van der Waals surface area (Å²) in [6.45, 7) is 0. The average Bonchev–Trinajstić information content (AvgIpc) is 2.64. The van der Waals surface area contributed by atoms with Crippen molar-refractivity contribution in [1.82, 2.24) is 0 Å². The summed E-state index contributed by atoms with van der Waals surface area (Å²) < 4.78 is 0. The van der Waals surface area contributed by atoms with Gasteiger partial charge in [0.25, 0.3) is 0 Å². The minimum absolute atomic E-state index is 1.30. The highest BCUT2D eigenvalue weighted by Gasteiger charge is 2.10. The largest absolute Gasteiger partial charge is 0.0616 e. The Hall–Kier alpha value is -3.38. The monoisotopic (exact) mass is 328 g/mol. The predicted octanol–water partition coefficient (Wildman–Crippen LogP) is 7.25. The maximum Gasteiger partial charge on any atom is -0.00986 e. The van der Waals surface area contributed by atoms with Crippen molar-refractivity contribution in [2.75, 3.05) is 0 Å². The highest BCUT2D eigenvalue weighted by Crippen LogP contribution is 2.35. The number of hydrogen-bond donors (Lipinski definition) is 0. The first kappa shape index (κ1) is 13.9. The van der Waals surface area contributed by atoms with Gasteiger partial charge in [-0.2, -0.15) is 0 Å². The van der Waals surface area contributed by atoms with Crippen LogP contribution in [0.15, 0.2) is 97.1 Å². The Balaban J connectivity index is 1.77. The third-order valence-electron chi connectivity index (χ3n) is 5.56. The van der Waals surface area contributed by atoms with Gasteiger partial charge >= 0.3 is 0 Å². The molecule has 1 aliphatic rings. The lowest BCUT2D eigenvalue weighted by Gasteiger charge is -2.13. The average molecular weight is 328 g/mol. The lowest BCUT2D eigenvalue weighted by Crippen LogP contribution is -1.89. The topological polar surface area (TPSA) is 0 Å². The van der Waals surface area contributed by atoms with E-state index in [2.05, 4.69) is 97.1 Å². The first-order valence-corrected chi connectivity index (χ1v) is 9.04. The zero-order chi connectivity index (χ0) is 17.1. The van der Waals surface area contributed by atoms with Crippen molar-refractivity contribution in [2.24, 2.45) is 0 Å². The van der Waals surface area contributed by atoms with E-state index < -0.39 is 0 Å². The summed E-state index contributed by atoms with van der Waals surface area (Å²) in [6.07, 6.45) is 6.49. The quantitative estimate of drug-likeness (QED) is 0.224. The molecule has 0 heteroatoms. The minimum Gasteiger partial charge on any atom is -0.0616 e. The van der Waals surface area contributed by atoms with E-state index >= 15 is 0 Å². The molecule has 0 aliphatic heterocycles. The second-order valence-electron chi connectivity index (χ2n) is 7.07. The van der Waals surface area contributed by atoms with Gasteiger partial charge in [-0.3, -0.25) is 0 Å². The molecule has 0 radical (unpaired) electrons. The van der Waals surface area contributed by atoms with Gasteiger partial charge in [-0.15, -0.1) is 0 Å². The van der Waals surface area contributed by atoms with E-state index in [9.17, 15) is 0 Å². The molecule has 6 rings (SSSR count). The second kappa shape index (κ2) is 5.06.